The second-order valence-corrected chi connectivity index (χ2v) is 5.37. The van der Waals surface area contributed by atoms with Crippen LogP contribution in [-0.4, -0.2) is 30.0 Å². The summed E-state index contributed by atoms with van der Waals surface area (Å²) in [7, 11) is 0. The molecule has 8 heteroatoms. The van der Waals surface area contributed by atoms with Gasteiger partial charge in [-0.25, -0.2) is 13.8 Å². The average molecular weight is 335 g/mol. The van der Waals surface area contributed by atoms with E-state index in [9.17, 15) is 4.39 Å². The van der Waals surface area contributed by atoms with Gasteiger partial charge in [0.05, 0.1) is 23.6 Å². The number of hydrogen-bond acceptors (Lipinski definition) is 5. The highest BCUT2D eigenvalue weighted by Gasteiger charge is 2.05. The predicted molar refractivity (Wildman–Crippen MR) is 90.0 cm³/mol. The summed E-state index contributed by atoms with van der Waals surface area (Å²) in [5.74, 6) is -0.266. The van der Waals surface area contributed by atoms with Crippen molar-refractivity contribution >= 4 is 5.69 Å². The Morgan fingerprint density at radius 2 is 1.68 bits per heavy atom. The first-order chi connectivity index (χ1) is 12.3. The van der Waals surface area contributed by atoms with Crippen molar-refractivity contribution in [1.82, 2.24) is 30.0 Å². The lowest BCUT2D eigenvalue weighted by Gasteiger charge is -2.10. The molecule has 0 aliphatic carbocycles. The molecule has 0 bridgehead atoms. The van der Waals surface area contributed by atoms with Crippen molar-refractivity contribution in [3.63, 3.8) is 0 Å². The third-order valence-corrected chi connectivity index (χ3v) is 3.75. The van der Waals surface area contributed by atoms with Crippen LogP contribution in [0.2, 0.25) is 0 Å². The van der Waals surface area contributed by atoms with E-state index < -0.39 is 0 Å². The quantitative estimate of drug-likeness (QED) is 0.607. The van der Waals surface area contributed by atoms with E-state index in [1.165, 1.54) is 12.1 Å². The lowest BCUT2D eigenvalue weighted by atomic mass is 10.2. The standard InChI is InChI=1S/C17H14FN7/c18-13-1-5-16(6-2-13)25-17(9-10-21-25)11-19-14-3-7-15(8-4-14)24-12-20-22-23-24/h1-10,12,19H,11H2. The van der Waals surface area contributed by atoms with Crippen LogP contribution in [0.25, 0.3) is 11.4 Å². The largest absolute Gasteiger partial charge is 0.379 e. The van der Waals surface area contributed by atoms with E-state index in [2.05, 4.69) is 25.9 Å². The number of halogens is 1. The van der Waals surface area contributed by atoms with Gasteiger partial charge in [0.15, 0.2) is 0 Å². The summed E-state index contributed by atoms with van der Waals surface area (Å²) in [5.41, 5.74) is 3.63. The lowest BCUT2D eigenvalue weighted by molar-refractivity contribution is 0.626. The van der Waals surface area contributed by atoms with Crippen molar-refractivity contribution < 1.29 is 4.39 Å². The summed E-state index contributed by atoms with van der Waals surface area (Å²) in [6.07, 6.45) is 3.27. The number of tetrazole rings is 1. The molecule has 0 amide bonds. The van der Waals surface area contributed by atoms with Crippen LogP contribution in [0.5, 0.6) is 0 Å². The van der Waals surface area contributed by atoms with E-state index in [0.717, 1.165) is 22.8 Å². The summed E-state index contributed by atoms with van der Waals surface area (Å²) in [5, 5.41) is 18.7. The average Bonchev–Trinajstić information content (AvgIpc) is 3.33. The Hall–Kier alpha value is -3.55. The number of rotatable bonds is 5. The first kappa shape index (κ1) is 15.0. The van der Waals surface area contributed by atoms with Gasteiger partial charge in [0.2, 0.25) is 0 Å². The zero-order chi connectivity index (χ0) is 17.1. The molecule has 0 aliphatic heterocycles. The number of anilines is 1. The van der Waals surface area contributed by atoms with Crippen molar-refractivity contribution in [2.24, 2.45) is 0 Å². The lowest BCUT2D eigenvalue weighted by Crippen LogP contribution is -2.07. The Bertz CT molecular complexity index is 944. The van der Waals surface area contributed by atoms with Crippen LogP contribution >= 0.6 is 0 Å². The van der Waals surface area contributed by atoms with E-state index in [0.29, 0.717) is 6.54 Å². The SMILES string of the molecule is Fc1ccc(-n2nccc2CNc2ccc(-n3cnnn3)cc2)cc1. The van der Waals surface area contributed by atoms with Crippen LogP contribution in [0.15, 0.2) is 67.1 Å². The molecule has 0 fully saturated rings. The molecule has 124 valence electrons. The molecule has 0 radical (unpaired) electrons. The Balaban J connectivity index is 1.47. The topological polar surface area (TPSA) is 73.5 Å². The van der Waals surface area contributed by atoms with Crippen molar-refractivity contribution in [1.29, 1.82) is 0 Å². The summed E-state index contributed by atoms with van der Waals surface area (Å²) < 4.78 is 16.4. The van der Waals surface area contributed by atoms with E-state index in [1.807, 2.05) is 30.3 Å². The maximum Gasteiger partial charge on any atom is 0.143 e. The van der Waals surface area contributed by atoms with Gasteiger partial charge in [0.1, 0.15) is 12.1 Å². The highest BCUT2D eigenvalue weighted by Crippen LogP contribution is 2.15. The predicted octanol–water partition coefficient (Wildman–Crippen LogP) is 2.60. The molecular formula is C17H14FN7. The molecule has 0 spiro atoms. The first-order valence-electron chi connectivity index (χ1n) is 7.66. The molecular weight excluding hydrogens is 321 g/mol. The molecule has 0 saturated heterocycles. The summed E-state index contributed by atoms with van der Waals surface area (Å²) in [4.78, 5) is 0. The number of benzene rings is 2. The zero-order valence-electron chi connectivity index (χ0n) is 13.1. The fraction of sp³-hybridized carbons (Fsp3) is 0.0588. The highest BCUT2D eigenvalue weighted by atomic mass is 19.1. The van der Waals surface area contributed by atoms with Crippen molar-refractivity contribution in [3.05, 3.63) is 78.6 Å². The normalized spacial score (nSPS) is 10.8. The second-order valence-electron chi connectivity index (χ2n) is 5.37. The Labute approximate surface area is 142 Å². The minimum Gasteiger partial charge on any atom is -0.379 e. The zero-order valence-corrected chi connectivity index (χ0v) is 13.1. The number of hydrogen-bond donors (Lipinski definition) is 1. The molecule has 25 heavy (non-hydrogen) atoms. The van der Waals surface area contributed by atoms with E-state index in [4.69, 9.17) is 0 Å². The fourth-order valence-corrected chi connectivity index (χ4v) is 2.48. The number of nitrogens with one attached hydrogen (secondary N) is 1. The van der Waals surface area contributed by atoms with E-state index >= 15 is 0 Å². The molecule has 1 N–H and O–H groups in total. The van der Waals surface area contributed by atoms with Gasteiger partial charge in [-0.3, -0.25) is 0 Å². The van der Waals surface area contributed by atoms with Gasteiger partial charge >= 0.3 is 0 Å². The molecule has 0 aliphatic rings. The molecule has 2 aromatic carbocycles. The Morgan fingerprint density at radius 1 is 0.920 bits per heavy atom. The molecule has 0 saturated carbocycles. The molecule has 2 aromatic heterocycles. The van der Waals surface area contributed by atoms with E-state index in [1.54, 1.807) is 34.0 Å². The van der Waals surface area contributed by atoms with Gasteiger partial charge < -0.3 is 5.32 Å². The van der Waals surface area contributed by atoms with Gasteiger partial charge in [-0.05, 0) is 65.0 Å². The summed E-state index contributed by atoms with van der Waals surface area (Å²) in [6.45, 7) is 0.585. The molecule has 0 unspecified atom stereocenters. The molecule has 4 aromatic rings. The summed E-state index contributed by atoms with van der Waals surface area (Å²) in [6, 6.07) is 15.9. The maximum atomic E-state index is 13.1. The fourth-order valence-electron chi connectivity index (χ4n) is 2.48. The Morgan fingerprint density at radius 3 is 2.40 bits per heavy atom. The Kier molecular flexibility index (Phi) is 3.91. The summed E-state index contributed by atoms with van der Waals surface area (Å²) >= 11 is 0. The van der Waals surface area contributed by atoms with Crippen LogP contribution < -0.4 is 5.32 Å². The minimum absolute atomic E-state index is 0.266. The molecule has 2 heterocycles. The minimum atomic E-state index is -0.266. The van der Waals surface area contributed by atoms with Crippen LogP contribution in [0.4, 0.5) is 10.1 Å². The smallest absolute Gasteiger partial charge is 0.143 e. The van der Waals surface area contributed by atoms with Crippen LogP contribution in [0, 0.1) is 5.82 Å². The number of nitrogens with zero attached hydrogens (tertiary/aromatic N) is 6. The van der Waals surface area contributed by atoms with Gasteiger partial charge in [0, 0.05) is 11.9 Å². The van der Waals surface area contributed by atoms with Crippen LogP contribution in [0.3, 0.4) is 0 Å². The van der Waals surface area contributed by atoms with Crippen LogP contribution in [-0.2, 0) is 6.54 Å². The third kappa shape index (κ3) is 3.23. The molecule has 4 rings (SSSR count). The number of aromatic nitrogens is 6. The van der Waals surface area contributed by atoms with Gasteiger partial charge in [-0.1, -0.05) is 0 Å². The monoisotopic (exact) mass is 335 g/mol. The van der Waals surface area contributed by atoms with Gasteiger partial charge in [0.25, 0.3) is 0 Å². The molecule has 7 nitrogen and oxygen atoms in total. The van der Waals surface area contributed by atoms with Gasteiger partial charge in [-0.15, -0.1) is 5.10 Å². The first-order valence-corrected chi connectivity index (χ1v) is 7.66. The second kappa shape index (κ2) is 6.52. The van der Waals surface area contributed by atoms with Crippen LogP contribution in [0.1, 0.15) is 5.69 Å². The van der Waals surface area contributed by atoms with Gasteiger partial charge in [-0.2, -0.15) is 5.10 Å². The van der Waals surface area contributed by atoms with Crippen molar-refractivity contribution in [2.75, 3.05) is 5.32 Å². The van der Waals surface area contributed by atoms with E-state index in [-0.39, 0.29) is 5.82 Å². The van der Waals surface area contributed by atoms with Crippen molar-refractivity contribution in [2.45, 2.75) is 6.54 Å². The maximum absolute atomic E-state index is 13.1. The highest BCUT2D eigenvalue weighted by molar-refractivity contribution is 5.48. The molecule has 0 atom stereocenters. The third-order valence-electron chi connectivity index (χ3n) is 3.75. The van der Waals surface area contributed by atoms with Crippen molar-refractivity contribution in [3.8, 4) is 11.4 Å².